The Labute approximate surface area is 260 Å². The minimum absolute atomic E-state index is 0.102. The molecule has 0 saturated carbocycles. The van der Waals surface area contributed by atoms with Crippen LogP contribution in [0.5, 0.6) is 0 Å². The zero-order valence-corrected chi connectivity index (χ0v) is 24.3. The Morgan fingerprint density at radius 1 is 0.622 bits per heavy atom. The average molecular weight is 614 g/mol. The van der Waals surface area contributed by atoms with Gasteiger partial charge in [0, 0.05) is 12.3 Å². The number of carbonyl (C=O) groups is 3. The molecule has 0 fully saturated rings. The number of carboxylic acid groups (broad SMARTS) is 2. The Hall–Kier alpha value is -5.03. The van der Waals surface area contributed by atoms with Crippen molar-refractivity contribution < 1.29 is 44.7 Å². The monoisotopic (exact) mass is 613 g/mol. The van der Waals surface area contributed by atoms with Crippen molar-refractivity contribution in [1.82, 2.24) is 5.32 Å². The van der Waals surface area contributed by atoms with E-state index in [0.29, 0.717) is 0 Å². The molecule has 4 aromatic rings. The topological polar surface area (TPSA) is 174 Å². The molecule has 0 aliphatic heterocycles. The van der Waals surface area contributed by atoms with Gasteiger partial charge in [-0.1, -0.05) is 109 Å². The van der Waals surface area contributed by atoms with Crippen LogP contribution in [0.15, 0.2) is 109 Å². The van der Waals surface area contributed by atoms with E-state index in [1.165, 1.54) is 0 Å². The summed E-state index contributed by atoms with van der Waals surface area (Å²) in [6, 6.07) is 33.0. The van der Waals surface area contributed by atoms with E-state index in [1.54, 1.807) is 36.4 Å². The highest BCUT2D eigenvalue weighted by molar-refractivity contribution is 5.79. The molecule has 1 amide bonds. The molecule has 0 heterocycles. The van der Waals surface area contributed by atoms with Crippen LogP contribution in [0.1, 0.15) is 28.2 Å². The minimum atomic E-state index is -1.75. The Bertz CT molecular complexity index is 1530. The quantitative estimate of drug-likeness (QED) is 0.148. The van der Waals surface area contributed by atoms with Gasteiger partial charge in [-0.3, -0.25) is 0 Å². The molecule has 45 heavy (non-hydrogen) atoms. The first-order chi connectivity index (χ1) is 21.7. The molecule has 0 spiro atoms. The van der Waals surface area contributed by atoms with Crippen LogP contribution in [-0.2, 0) is 27.2 Å². The van der Waals surface area contributed by atoms with Crippen LogP contribution in [-0.4, -0.2) is 74.5 Å². The smallest absolute Gasteiger partial charge is 0.407 e. The summed E-state index contributed by atoms with van der Waals surface area (Å²) in [5, 5.41) is 48.6. The number of hydrogen-bond donors (Lipinski definition) is 6. The third-order valence-electron chi connectivity index (χ3n) is 7.48. The Morgan fingerprint density at radius 2 is 1.07 bits per heavy atom. The summed E-state index contributed by atoms with van der Waals surface area (Å²) in [6.07, 6.45) is -5.21. The summed E-state index contributed by atoms with van der Waals surface area (Å²) in [4.78, 5) is 34.1. The van der Waals surface area contributed by atoms with E-state index in [4.69, 9.17) is 14.9 Å². The number of aliphatic carboxylic acids is 2. The summed E-state index contributed by atoms with van der Waals surface area (Å²) in [6.45, 7) is 0.112. The van der Waals surface area contributed by atoms with Gasteiger partial charge in [0.1, 0.15) is 6.61 Å². The first-order valence-electron chi connectivity index (χ1n) is 14.3. The fourth-order valence-corrected chi connectivity index (χ4v) is 5.20. The lowest BCUT2D eigenvalue weighted by Crippen LogP contribution is -2.48. The van der Waals surface area contributed by atoms with E-state index in [9.17, 15) is 29.7 Å². The normalized spacial score (nSPS) is 14.4. The van der Waals surface area contributed by atoms with Gasteiger partial charge in [-0.05, 0) is 39.8 Å². The number of alkyl carbamates (subject to hydrolysis) is 1. The number of rotatable bonds is 11. The lowest BCUT2D eigenvalue weighted by Gasteiger charge is -2.22. The molecule has 10 nitrogen and oxygen atoms in total. The molecular weight excluding hydrogens is 578 g/mol. The number of fused-ring (bicyclic) bond motifs is 3. The van der Waals surface area contributed by atoms with Crippen molar-refractivity contribution in [3.63, 3.8) is 0 Å². The van der Waals surface area contributed by atoms with Crippen LogP contribution in [0.3, 0.4) is 0 Å². The van der Waals surface area contributed by atoms with Gasteiger partial charge in [-0.2, -0.15) is 0 Å². The van der Waals surface area contributed by atoms with Crippen molar-refractivity contribution >= 4 is 18.0 Å². The molecule has 1 aliphatic carbocycles. The average Bonchev–Trinajstić information content (AvgIpc) is 3.37. The number of aliphatic hydroxyl groups excluding tert-OH is 3. The molecule has 0 bridgehead atoms. The van der Waals surface area contributed by atoms with Crippen molar-refractivity contribution in [1.29, 1.82) is 0 Å². The van der Waals surface area contributed by atoms with Crippen LogP contribution in [0.25, 0.3) is 11.1 Å². The maximum Gasteiger partial charge on any atom is 0.407 e. The molecule has 4 atom stereocenters. The summed E-state index contributed by atoms with van der Waals surface area (Å²) in [5.74, 6) is -2.91. The minimum Gasteiger partial charge on any atom is -0.479 e. The molecule has 4 aromatic carbocycles. The fraction of sp³-hybridized carbons (Fsp3) is 0.229. The second-order valence-electron chi connectivity index (χ2n) is 10.6. The van der Waals surface area contributed by atoms with Gasteiger partial charge in [0.2, 0.25) is 0 Å². The summed E-state index contributed by atoms with van der Waals surface area (Å²) in [7, 11) is 0. The number of amides is 1. The van der Waals surface area contributed by atoms with Gasteiger partial charge < -0.3 is 35.6 Å². The highest BCUT2D eigenvalue weighted by Crippen LogP contribution is 2.44. The number of nitrogens with one attached hydrogen (secondary N) is 1. The number of carboxylic acids is 2. The van der Waals surface area contributed by atoms with Gasteiger partial charge in [-0.15, -0.1) is 0 Å². The van der Waals surface area contributed by atoms with E-state index in [0.717, 1.165) is 33.4 Å². The van der Waals surface area contributed by atoms with E-state index in [-0.39, 0.29) is 25.4 Å². The molecule has 0 saturated heterocycles. The third-order valence-corrected chi connectivity index (χ3v) is 7.48. The Kier molecular flexibility index (Phi) is 11.4. The van der Waals surface area contributed by atoms with Gasteiger partial charge in [0.05, 0.1) is 12.1 Å². The molecule has 0 aromatic heterocycles. The Morgan fingerprint density at radius 3 is 1.56 bits per heavy atom. The maximum atomic E-state index is 12.5. The number of aliphatic hydroxyl groups is 3. The second kappa shape index (κ2) is 15.6. The molecule has 0 unspecified atom stereocenters. The molecule has 10 heteroatoms. The van der Waals surface area contributed by atoms with Crippen molar-refractivity contribution in [2.75, 3.05) is 6.61 Å². The first kappa shape index (κ1) is 32.9. The van der Waals surface area contributed by atoms with Gasteiger partial charge >= 0.3 is 18.0 Å². The van der Waals surface area contributed by atoms with E-state index >= 15 is 0 Å². The third kappa shape index (κ3) is 8.76. The van der Waals surface area contributed by atoms with E-state index in [2.05, 4.69) is 5.32 Å². The van der Waals surface area contributed by atoms with Gasteiger partial charge in [0.15, 0.2) is 12.2 Å². The van der Waals surface area contributed by atoms with Crippen LogP contribution in [0.4, 0.5) is 4.79 Å². The van der Waals surface area contributed by atoms with Crippen LogP contribution in [0.2, 0.25) is 0 Å². The van der Waals surface area contributed by atoms with Crippen molar-refractivity contribution in [2.24, 2.45) is 0 Å². The lowest BCUT2D eigenvalue weighted by atomic mass is 9.98. The summed E-state index contributed by atoms with van der Waals surface area (Å²) < 4.78 is 5.48. The lowest BCUT2D eigenvalue weighted by molar-refractivity contribution is -0.152. The highest BCUT2D eigenvalue weighted by atomic mass is 16.5. The predicted molar refractivity (Wildman–Crippen MR) is 166 cm³/mol. The highest BCUT2D eigenvalue weighted by Gasteiger charge is 2.31. The van der Waals surface area contributed by atoms with Gasteiger partial charge in [0.25, 0.3) is 0 Å². The number of carbonyl (C=O) groups excluding carboxylic acids is 1. The number of hydrogen-bond acceptors (Lipinski definition) is 7. The van der Waals surface area contributed by atoms with Crippen molar-refractivity contribution in [2.45, 2.75) is 43.1 Å². The zero-order valence-electron chi connectivity index (χ0n) is 24.3. The summed E-state index contributed by atoms with van der Waals surface area (Å²) in [5.41, 5.74) is 6.00. The van der Waals surface area contributed by atoms with Crippen LogP contribution in [0, 0.1) is 0 Å². The zero-order chi connectivity index (χ0) is 32.3. The van der Waals surface area contributed by atoms with Crippen molar-refractivity contribution in [3.05, 3.63) is 131 Å². The van der Waals surface area contributed by atoms with E-state index < -0.39 is 42.4 Å². The Balaban J connectivity index is 0.000000276. The largest absolute Gasteiger partial charge is 0.479 e. The van der Waals surface area contributed by atoms with Gasteiger partial charge in [-0.25, -0.2) is 14.4 Å². The fourth-order valence-electron chi connectivity index (χ4n) is 5.20. The van der Waals surface area contributed by atoms with Crippen molar-refractivity contribution in [3.8, 4) is 11.1 Å². The number of ether oxygens (including phenoxy) is 1. The molecule has 6 N–H and O–H groups in total. The summed E-state index contributed by atoms with van der Waals surface area (Å²) >= 11 is 0. The molecule has 5 rings (SSSR count). The van der Waals surface area contributed by atoms with E-state index in [1.807, 2.05) is 72.8 Å². The molecule has 0 radical (unpaired) electrons. The first-order valence-corrected chi connectivity index (χ1v) is 14.3. The SMILES string of the molecule is O=C(N[C@H](Cc1ccccc1)[C@H](O)C(=O)O)OCC1c2ccccc2-c2ccccc21.O=C(O)[C@@H](O)[C@H](O)Cc1ccccc1. The molecule has 234 valence electrons. The molecular formula is C35H35NO9. The molecule has 1 aliphatic rings. The van der Waals surface area contributed by atoms with Crippen LogP contribution >= 0.6 is 0 Å². The maximum absolute atomic E-state index is 12.5. The standard InChI is InChI=1S/C25H23NO5.C10H12O4/c27-23(24(28)29)22(14-16-8-2-1-3-9-16)26-25(30)31-15-21-19-12-6-4-10-17(19)18-11-5-7-13-20(18)21;11-8(9(12)10(13)14)6-7-4-2-1-3-5-7/h1-13,21-23,27H,14-15H2,(H,26,30)(H,28,29);1-5,8-9,11-12H,6H2,(H,13,14)/t22-,23+;8-,9+/m11/s1. The predicted octanol–water partition coefficient (Wildman–Crippen LogP) is 3.62. The van der Waals surface area contributed by atoms with Crippen LogP contribution < -0.4 is 5.32 Å². The number of benzene rings is 4. The second-order valence-corrected chi connectivity index (χ2v) is 10.6.